The van der Waals surface area contributed by atoms with E-state index in [1.165, 1.54) is 21.0 Å². The van der Waals surface area contributed by atoms with E-state index in [4.69, 9.17) is 5.11 Å². The van der Waals surface area contributed by atoms with Gasteiger partial charge in [-0.25, -0.2) is 4.79 Å². The summed E-state index contributed by atoms with van der Waals surface area (Å²) in [5, 5.41) is 9.04. The predicted octanol–water partition coefficient (Wildman–Crippen LogP) is 0.418. The molecule has 0 radical (unpaired) electrons. The molecule has 64 valence electrons. The van der Waals surface area contributed by atoms with Crippen molar-refractivity contribution >= 4 is 5.97 Å². The number of carbonyl (C=O) groups excluding carboxylic acids is 1. The molecule has 1 N–H and O–H groups in total. The summed E-state index contributed by atoms with van der Waals surface area (Å²) >= 11 is 0. The number of carbonyl (C=O) groups is 1. The van der Waals surface area contributed by atoms with Gasteiger partial charge in [0.2, 0.25) is 0 Å². The van der Waals surface area contributed by atoms with Gasteiger partial charge < -0.3 is 14.6 Å². The first-order chi connectivity index (χ1) is 4.89. The van der Waals surface area contributed by atoms with Crippen molar-refractivity contribution in [1.82, 2.24) is 0 Å². The molecule has 1 unspecified atom stereocenters. The summed E-state index contributed by atoms with van der Waals surface area (Å²) < 4.78 is 8.87. The molecular weight excluding hydrogens is 148 g/mol. The third-order valence-corrected chi connectivity index (χ3v) is 1.01. The van der Waals surface area contributed by atoms with Gasteiger partial charge in [-0.15, -0.1) is 0 Å². The van der Waals surface area contributed by atoms with Crippen LogP contribution in [0.2, 0.25) is 0 Å². The Bertz CT molecular complexity index is 171. The van der Waals surface area contributed by atoms with E-state index >= 15 is 0 Å². The normalized spacial score (nSPS) is 15.3. The monoisotopic (exact) mass is 160 g/mol. The summed E-state index contributed by atoms with van der Waals surface area (Å²) in [4.78, 5) is 10.8. The summed E-state index contributed by atoms with van der Waals surface area (Å²) in [7, 11) is 1.23. The summed E-state index contributed by atoms with van der Waals surface area (Å²) in [6.07, 6.45) is 0. The third kappa shape index (κ3) is 3.75. The van der Waals surface area contributed by atoms with Gasteiger partial charge >= 0.3 is 11.9 Å². The molecule has 0 rings (SSSR count). The van der Waals surface area contributed by atoms with Crippen molar-refractivity contribution in [3.63, 3.8) is 0 Å². The molecule has 0 aliphatic carbocycles. The highest BCUT2D eigenvalue weighted by molar-refractivity contribution is 5.87. The van der Waals surface area contributed by atoms with E-state index in [0.717, 1.165) is 0 Å². The van der Waals surface area contributed by atoms with Crippen molar-refractivity contribution in [1.29, 1.82) is 0 Å². The minimum Gasteiger partial charge on any atom is -0.405 e. The summed E-state index contributed by atoms with van der Waals surface area (Å²) in [6, 6.07) is 0. The van der Waals surface area contributed by atoms with Crippen LogP contribution in [0.4, 0.5) is 0 Å². The highest BCUT2D eigenvalue weighted by atomic mass is 16.8. The topological polar surface area (TPSA) is 55.8 Å². The van der Waals surface area contributed by atoms with Crippen LogP contribution in [0.5, 0.6) is 0 Å². The Morgan fingerprint density at radius 3 is 2.36 bits per heavy atom. The smallest absolute Gasteiger partial charge is 0.337 e. The highest BCUT2D eigenvalue weighted by Gasteiger charge is 2.24. The molecule has 4 heteroatoms. The number of hydrogen-bond acceptors (Lipinski definition) is 4. The lowest BCUT2D eigenvalue weighted by molar-refractivity contribution is -0.318. The number of aliphatic hydroxyl groups is 1. The summed E-state index contributed by atoms with van der Waals surface area (Å²) in [6.45, 7) is 6.03. The first kappa shape index (κ1) is 10.1. The molecule has 0 fully saturated rings. The van der Waals surface area contributed by atoms with E-state index in [9.17, 15) is 4.79 Å². The van der Waals surface area contributed by atoms with E-state index < -0.39 is 11.9 Å². The summed E-state index contributed by atoms with van der Waals surface area (Å²) in [5.74, 6) is -2.55. The molecule has 0 saturated heterocycles. The molecule has 0 amide bonds. The zero-order chi connectivity index (χ0) is 9.07. The van der Waals surface area contributed by atoms with Crippen LogP contribution < -0.4 is 0 Å². The first-order valence-electron chi connectivity index (χ1n) is 3.05. The molecule has 0 saturated carbocycles. The highest BCUT2D eigenvalue weighted by Crippen LogP contribution is 2.08. The molecule has 1 atom stereocenters. The molecule has 4 nitrogen and oxygen atoms in total. The maximum atomic E-state index is 10.8. The van der Waals surface area contributed by atoms with E-state index in [0.29, 0.717) is 0 Å². The molecule has 0 aliphatic rings. The third-order valence-electron chi connectivity index (χ3n) is 1.01. The standard InChI is InChI=1S/C7H12O4/c1-5(2)6(8)11-7(3,9)10-4/h9H,1H2,2-4H3. The van der Waals surface area contributed by atoms with Crippen LogP contribution >= 0.6 is 0 Å². The van der Waals surface area contributed by atoms with Crippen LogP contribution in [0.25, 0.3) is 0 Å². The molecule has 0 bridgehead atoms. The molecule has 0 aromatic heterocycles. The largest absolute Gasteiger partial charge is 0.405 e. The average Bonchev–Trinajstić information content (AvgIpc) is 1.87. The van der Waals surface area contributed by atoms with E-state index in [2.05, 4.69) is 16.1 Å². The zero-order valence-corrected chi connectivity index (χ0v) is 6.88. The lowest BCUT2D eigenvalue weighted by atomic mass is 10.4. The molecule has 0 aliphatic heterocycles. The fraction of sp³-hybridized carbons (Fsp3) is 0.571. The van der Waals surface area contributed by atoms with Crippen molar-refractivity contribution in [3.05, 3.63) is 12.2 Å². The Morgan fingerprint density at radius 2 is 2.09 bits per heavy atom. The van der Waals surface area contributed by atoms with Crippen LogP contribution in [0.3, 0.4) is 0 Å². The second-order valence-electron chi connectivity index (χ2n) is 2.27. The minimum absolute atomic E-state index is 0.210. The number of rotatable bonds is 3. The fourth-order valence-electron chi connectivity index (χ4n) is 0.301. The number of hydrogen-bond donors (Lipinski definition) is 1. The minimum atomic E-state index is -1.87. The Kier molecular flexibility index (Phi) is 3.22. The SMILES string of the molecule is C=C(C)C(=O)OC(C)(O)OC. The predicted molar refractivity (Wildman–Crippen MR) is 38.5 cm³/mol. The van der Waals surface area contributed by atoms with E-state index in [1.54, 1.807) is 0 Å². The Labute approximate surface area is 65.4 Å². The van der Waals surface area contributed by atoms with Crippen LogP contribution in [-0.4, -0.2) is 24.2 Å². The van der Waals surface area contributed by atoms with Gasteiger partial charge in [0.05, 0.1) is 0 Å². The quantitative estimate of drug-likeness (QED) is 0.369. The molecular formula is C7H12O4. The fourth-order valence-corrected chi connectivity index (χ4v) is 0.301. The molecule has 0 aromatic rings. The summed E-state index contributed by atoms with van der Waals surface area (Å²) in [5.41, 5.74) is 0.210. The first-order valence-corrected chi connectivity index (χ1v) is 3.05. The van der Waals surface area contributed by atoms with E-state index in [-0.39, 0.29) is 5.57 Å². The van der Waals surface area contributed by atoms with Gasteiger partial charge in [-0.05, 0) is 6.92 Å². The van der Waals surface area contributed by atoms with Crippen LogP contribution in [-0.2, 0) is 14.3 Å². The molecule has 0 heterocycles. The lowest BCUT2D eigenvalue weighted by Gasteiger charge is -2.20. The van der Waals surface area contributed by atoms with Crippen molar-refractivity contribution in [2.45, 2.75) is 19.8 Å². The Morgan fingerprint density at radius 1 is 1.64 bits per heavy atom. The van der Waals surface area contributed by atoms with Crippen molar-refractivity contribution in [2.24, 2.45) is 0 Å². The van der Waals surface area contributed by atoms with Crippen molar-refractivity contribution in [3.8, 4) is 0 Å². The van der Waals surface area contributed by atoms with Gasteiger partial charge in [0.15, 0.2) is 0 Å². The second-order valence-corrected chi connectivity index (χ2v) is 2.27. The second kappa shape index (κ2) is 3.50. The van der Waals surface area contributed by atoms with Crippen LogP contribution in [0.1, 0.15) is 13.8 Å². The van der Waals surface area contributed by atoms with Gasteiger partial charge in [-0.3, -0.25) is 0 Å². The Hall–Kier alpha value is -0.870. The van der Waals surface area contributed by atoms with Gasteiger partial charge in [-0.2, -0.15) is 0 Å². The number of ether oxygens (including phenoxy) is 2. The molecule has 0 spiro atoms. The van der Waals surface area contributed by atoms with Gasteiger partial charge in [0, 0.05) is 19.6 Å². The lowest BCUT2D eigenvalue weighted by Crippen LogP contribution is -2.33. The van der Waals surface area contributed by atoms with Gasteiger partial charge in [0.1, 0.15) is 0 Å². The maximum absolute atomic E-state index is 10.8. The van der Waals surface area contributed by atoms with Crippen molar-refractivity contribution < 1.29 is 19.4 Å². The molecule has 11 heavy (non-hydrogen) atoms. The number of esters is 1. The van der Waals surface area contributed by atoms with Crippen LogP contribution in [0.15, 0.2) is 12.2 Å². The maximum Gasteiger partial charge on any atom is 0.337 e. The Balaban J connectivity index is 4.04. The number of methoxy groups -OCH3 is 1. The van der Waals surface area contributed by atoms with E-state index in [1.807, 2.05) is 0 Å². The van der Waals surface area contributed by atoms with Crippen molar-refractivity contribution in [2.75, 3.05) is 7.11 Å². The molecule has 0 aromatic carbocycles. The average molecular weight is 160 g/mol. The van der Waals surface area contributed by atoms with Gasteiger partial charge in [-0.1, -0.05) is 6.58 Å². The zero-order valence-electron chi connectivity index (χ0n) is 6.88. The van der Waals surface area contributed by atoms with Gasteiger partial charge in [0.25, 0.3) is 0 Å². The van der Waals surface area contributed by atoms with Crippen LogP contribution in [0, 0.1) is 0 Å².